The van der Waals surface area contributed by atoms with Gasteiger partial charge in [0.1, 0.15) is 11.5 Å². The van der Waals surface area contributed by atoms with Crippen LogP contribution in [0.4, 0.5) is 4.39 Å². The van der Waals surface area contributed by atoms with Crippen LogP contribution in [0.1, 0.15) is 27.9 Å². The van der Waals surface area contributed by atoms with Gasteiger partial charge in [0.15, 0.2) is 9.84 Å². The lowest BCUT2D eigenvalue weighted by molar-refractivity contribution is -0.118. The van der Waals surface area contributed by atoms with Gasteiger partial charge >= 0.3 is 0 Å². The van der Waals surface area contributed by atoms with Gasteiger partial charge in [-0.3, -0.25) is 9.59 Å². The van der Waals surface area contributed by atoms with Crippen molar-refractivity contribution in [3.05, 3.63) is 76.7 Å². The molecule has 29 heavy (non-hydrogen) atoms. The third-order valence-corrected chi connectivity index (χ3v) is 6.35. The van der Waals surface area contributed by atoms with Crippen molar-refractivity contribution in [3.8, 4) is 0 Å². The Kier molecular flexibility index (Phi) is 6.12. The van der Waals surface area contributed by atoms with Gasteiger partial charge in [0.25, 0.3) is 11.8 Å². The second-order valence-corrected chi connectivity index (χ2v) is 9.20. The summed E-state index contributed by atoms with van der Waals surface area (Å²) in [6, 6.07) is 12.0. The standard InChI is InChI=1S/C21H21FN2O4S/c1-14-6-8-15(9-7-14)20(25)24-19(12-16-4-2-3-5-18(16)22)21(26)23-17-10-11-29(27,28)13-17/h2-9,12,17H,10-11,13H2,1H3,(H,23,26)(H,24,25)/b19-12-/t17-/m1/s1. The summed E-state index contributed by atoms with van der Waals surface area (Å²) in [7, 11) is -3.18. The quantitative estimate of drug-likeness (QED) is 0.731. The van der Waals surface area contributed by atoms with Crippen LogP contribution in [0, 0.1) is 12.7 Å². The van der Waals surface area contributed by atoms with E-state index in [1.807, 2.05) is 6.92 Å². The Balaban J connectivity index is 1.85. The maximum atomic E-state index is 14.1. The van der Waals surface area contributed by atoms with Gasteiger partial charge in [-0.05, 0) is 37.6 Å². The Morgan fingerprint density at radius 2 is 1.79 bits per heavy atom. The minimum absolute atomic E-state index is 0.0000330. The third-order valence-electron chi connectivity index (χ3n) is 4.58. The maximum absolute atomic E-state index is 14.1. The lowest BCUT2D eigenvalue weighted by Crippen LogP contribution is -2.41. The molecule has 1 atom stereocenters. The number of amides is 2. The Labute approximate surface area is 168 Å². The molecule has 152 valence electrons. The largest absolute Gasteiger partial charge is 0.347 e. The first kappa shape index (κ1) is 20.7. The van der Waals surface area contributed by atoms with Crippen molar-refractivity contribution in [2.24, 2.45) is 0 Å². The summed E-state index contributed by atoms with van der Waals surface area (Å²) in [5.41, 5.74) is 1.28. The van der Waals surface area contributed by atoms with Gasteiger partial charge in [0.2, 0.25) is 0 Å². The van der Waals surface area contributed by atoms with Crippen LogP contribution in [0.3, 0.4) is 0 Å². The lowest BCUT2D eigenvalue weighted by atomic mass is 10.1. The molecular formula is C21H21FN2O4S. The molecular weight excluding hydrogens is 395 g/mol. The summed E-state index contributed by atoms with van der Waals surface area (Å²) in [6.45, 7) is 1.88. The van der Waals surface area contributed by atoms with Crippen molar-refractivity contribution in [2.75, 3.05) is 11.5 Å². The van der Waals surface area contributed by atoms with E-state index in [9.17, 15) is 22.4 Å². The molecule has 1 aliphatic rings. The summed E-state index contributed by atoms with van der Waals surface area (Å²) in [5, 5.41) is 5.13. The van der Waals surface area contributed by atoms with Gasteiger partial charge in [-0.1, -0.05) is 35.9 Å². The summed E-state index contributed by atoms with van der Waals surface area (Å²) in [5.74, 6) is -1.90. The number of carbonyl (C=O) groups excluding carboxylic acids is 2. The fourth-order valence-corrected chi connectivity index (χ4v) is 4.65. The molecule has 0 aromatic heterocycles. The average molecular weight is 416 g/mol. The lowest BCUT2D eigenvalue weighted by Gasteiger charge is -2.15. The van der Waals surface area contributed by atoms with Crippen LogP contribution in [0.2, 0.25) is 0 Å². The number of sulfone groups is 1. The van der Waals surface area contributed by atoms with E-state index in [0.29, 0.717) is 12.0 Å². The fourth-order valence-electron chi connectivity index (χ4n) is 2.98. The smallest absolute Gasteiger partial charge is 0.268 e. The Bertz CT molecular complexity index is 1060. The minimum Gasteiger partial charge on any atom is -0.347 e. The molecule has 0 saturated carbocycles. The molecule has 1 aliphatic heterocycles. The molecule has 2 aromatic carbocycles. The van der Waals surface area contributed by atoms with E-state index in [-0.39, 0.29) is 22.8 Å². The number of nitrogens with one attached hydrogen (secondary N) is 2. The van der Waals surface area contributed by atoms with Gasteiger partial charge in [-0.15, -0.1) is 0 Å². The molecule has 3 rings (SSSR count). The summed E-state index contributed by atoms with van der Waals surface area (Å²) >= 11 is 0. The van der Waals surface area contributed by atoms with E-state index < -0.39 is 33.5 Å². The van der Waals surface area contributed by atoms with Gasteiger partial charge in [-0.25, -0.2) is 12.8 Å². The highest BCUT2D eigenvalue weighted by Gasteiger charge is 2.30. The highest BCUT2D eigenvalue weighted by atomic mass is 32.2. The molecule has 0 radical (unpaired) electrons. The molecule has 0 bridgehead atoms. The van der Waals surface area contributed by atoms with Gasteiger partial charge < -0.3 is 10.6 Å². The predicted molar refractivity (Wildman–Crippen MR) is 108 cm³/mol. The molecule has 1 fully saturated rings. The Hall–Kier alpha value is -3.00. The topological polar surface area (TPSA) is 92.3 Å². The number of carbonyl (C=O) groups is 2. The molecule has 6 nitrogen and oxygen atoms in total. The van der Waals surface area contributed by atoms with Crippen molar-refractivity contribution >= 4 is 27.7 Å². The van der Waals surface area contributed by atoms with E-state index in [4.69, 9.17) is 0 Å². The maximum Gasteiger partial charge on any atom is 0.268 e. The minimum atomic E-state index is -3.18. The van der Waals surface area contributed by atoms with Crippen molar-refractivity contribution in [1.82, 2.24) is 10.6 Å². The summed E-state index contributed by atoms with van der Waals surface area (Å²) in [6.07, 6.45) is 1.53. The van der Waals surface area contributed by atoms with Gasteiger partial charge in [0, 0.05) is 17.2 Å². The molecule has 1 heterocycles. The average Bonchev–Trinajstić information content (AvgIpc) is 3.01. The van der Waals surface area contributed by atoms with E-state index in [1.165, 1.54) is 24.3 Å². The zero-order chi connectivity index (χ0) is 21.0. The van der Waals surface area contributed by atoms with Gasteiger partial charge in [-0.2, -0.15) is 0 Å². The van der Waals surface area contributed by atoms with Crippen LogP contribution in [0.15, 0.2) is 54.2 Å². The SMILES string of the molecule is Cc1ccc(C(=O)N/C(=C\c2ccccc2F)C(=O)N[C@@H]2CCS(=O)(=O)C2)cc1. The molecule has 2 amide bonds. The number of hydrogen-bond donors (Lipinski definition) is 2. The molecule has 1 saturated heterocycles. The van der Waals surface area contributed by atoms with E-state index in [1.54, 1.807) is 30.3 Å². The first-order valence-corrected chi connectivity index (χ1v) is 10.9. The first-order chi connectivity index (χ1) is 13.7. The number of aryl methyl sites for hydroxylation is 1. The first-order valence-electron chi connectivity index (χ1n) is 9.09. The van der Waals surface area contributed by atoms with E-state index >= 15 is 0 Å². The van der Waals surface area contributed by atoms with Crippen LogP contribution in [-0.4, -0.2) is 37.8 Å². The summed E-state index contributed by atoms with van der Waals surface area (Å²) < 4.78 is 37.3. The van der Waals surface area contributed by atoms with Crippen molar-refractivity contribution in [3.63, 3.8) is 0 Å². The van der Waals surface area contributed by atoms with E-state index in [2.05, 4.69) is 10.6 Å². The Morgan fingerprint density at radius 3 is 2.41 bits per heavy atom. The monoisotopic (exact) mass is 416 g/mol. The highest BCUT2D eigenvalue weighted by Crippen LogP contribution is 2.14. The normalized spacial score (nSPS) is 18.3. The molecule has 2 aromatic rings. The third kappa shape index (κ3) is 5.51. The number of hydrogen-bond acceptors (Lipinski definition) is 4. The van der Waals surface area contributed by atoms with Crippen LogP contribution < -0.4 is 10.6 Å². The van der Waals surface area contributed by atoms with Crippen molar-refractivity contribution in [1.29, 1.82) is 0 Å². The molecule has 2 N–H and O–H groups in total. The molecule has 8 heteroatoms. The highest BCUT2D eigenvalue weighted by molar-refractivity contribution is 7.91. The zero-order valence-corrected chi connectivity index (χ0v) is 16.6. The van der Waals surface area contributed by atoms with E-state index in [0.717, 1.165) is 5.56 Å². The molecule has 0 unspecified atom stereocenters. The van der Waals surface area contributed by atoms with Gasteiger partial charge in [0.05, 0.1) is 11.5 Å². The second kappa shape index (κ2) is 8.57. The van der Waals surface area contributed by atoms with Crippen LogP contribution in [-0.2, 0) is 14.6 Å². The number of rotatable bonds is 5. The zero-order valence-electron chi connectivity index (χ0n) is 15.8. The second-order valence-electron chi connectivity index (χ2n) is 6.97. The van der Waals surface area contributed by atoms with Crippen molar-refractivity contribution < 1.29 is 22.4 Å². The Morgan fingerprint density at radius 1 is 1.10 bits per heavy atom. The summed E-state index contributed by atoms with van der Waals surface area (Å²) in [4.78, 5) is 25.3. The van der Waals surface area contributed by atoms with Crippen LogP contribution >= 0.6 is 0 Å². The van der Waals surface area contributed by atoms with Crippen molar-refractivity contribution in [2.45, 2.75) is 19.4 Å². The fraction of sp³-hybridized carbons (Fsp3) is 0.238. The number of halogens is 1. The predicted octanol–water partition coefficient (Wildman–Crippen LogP) is 2.21. The van der Waals surface area contributed by atoms with Crippen LogP contribution in [0.25, 0.3) is 6.08 Å². The van der Waals surface area contributed by atoms with Crippen LogP contribution in [0.5, 0.6) is 0 Å². The molecule has 0 aliphatic carbocycles. The number of benzene rings is 2. The molecule has 0 spiro atoms.